The van der Waals surface area contributed by atoms with Gasteiger partial charge in [-0.25, -0.2) is 0 Å². The maximum absolute atomic E-state index is 5.18. The Bertz CT molecular complexity index is 306. The molecule has 1 aliphatic heterocycles. The van der Waals surface area contributed by atoms with Gasteiger partial charge in [0.05, 0.1) is 7.11 Å². The summed E-state index contributed by atoms with van der Waals surface area (Å²) in [7, 11) is 1.71. The molecule has 0 aromatic heterocycles. The van der Waals surface area contributed by atoms with Crippen molar-refractivity contribution in [3.8, 4) is 5.75 Å². The largest absolute Gasteiger partial charge is 0.497 e. The third-order valence-electron chi connectivity index (χ3n) is 2.12. The van der Waals surface area contributed by atoms with E-state index in [0.717, 1.165) is 24.6 Å². The van der Waals surface area contributed by atoms with Crippen LogP contribution >= 0.6 is 28.7 Å². The smallest absolute Gasteiger partial charge is 0.119 e. The van der Waals surface area contributed by atoms with Crippen LogP contribution in [0, 0.1) is 0 Å². The quantitative estimate of drug-likeness (QED) is 0.851. The molecular weight excluding hydrogens is 262 g/mol. The van der Waals surface area contributed by atoms with Gasteiger partial charge in [-0.15, -0.1) is 28.7 Å². The maximum Gasteiger partial charge on any atom is 0.119 e. The van der Waals surface area contributed by atoms with Gasteiger partial charge < -0.3 is 10.1 Å². The monoisotopic (exact) mass is 275 g/mol. The minimum Gasteiger partial charge on any atom is -0.497 e. The summed E-state index contributed by atoms with van der Waals surface area (Å²) in [5.74, 6) is 2.10. The van der Waals surface area contributed by atoms with Gasteiger partial charge in [-0.2, -0.15) is 0 Å². The molecule has 0 unspecified atom stereocenters. The van der Waals surface area contributed by atoms with Gasteiger partial charge in [0.25, 0.3) is 0 Å². The zero-order chi connectivity index (χ0) is 9.10. The zero-order valence-electron chi connectivity index (χ0n) is 8.08. The van der Waals surface area contributed by atoms with Gasteiger partial charge in [-0.05, 0) is 23.8 Å². The lowest BCUT2D eigenvalue weighted by atomic mass is 10.2. The van der Waals surface area contributed by atoms with E-state index in [9.17, 15) is 0 Å². The third-order valence-corrected chi connectivity index (χ3v) is 3.24. The van der Waals surface area contributed by atoms with Gasteiger partial charge in [0.1, 0.15) is 5.75 Å². The minimum absolute atomic E-state index is 0. The highest BCUT2D eigenvalue weighted by molar-refractivity contribution is 8.93. The molecule has 0 aliphatic carbocycles. The Morgan fingerprint density at radius 3 is 3.07 bits per heavy atom. The fraction of sp³-hybridized carbons (Fsp3) is 0.400. The second-order valence-corrected chi connectivity index (χ2v) is 4.14. The lowest BCUT2D eigenvalue weighted by molar-refractivity contribution is 0.413. The van der Waals surface area contributed by atoms with Gasteiger partial charge in [0.15, 0.2) is 0 Å². The Morgan fingerprint density at radius 2 is 2.29 bits per heavy atom. The first-order chi connectivity index (χ1) is 6.40. The topological polar surface area (TPSA) is 21.3 Å². The summed E-state index contributed by atoms with van der Waals surface area (Å²) in [5.41, 5.74) is 1.35. The van der Waals surface area contributed by atoms with Crippen molar-refractivity contribution in [3.63, 3.8) is 0 Å². The summed E-state index contributed by atoms with van der Waals surface area (Å²) in [4.78, 5) is 1.38. The molecule has 4 heteroatoms. The molecule has 0 saturated heterocycles. The molecule has 14 heavy (non-hydrogen) atoms. The van der Waals surface area contributed by atoms with Gasteiger partial charge >= 0.3 is 0 Å². The van der Waals surface area contributed by atoms with Crippen molar-refractivity contribution in [1.82, 2.24) is 5.32 Å². The lowest BCUT2D eigenvalue weighted by Gasteiger charge is -2.06. The Balaban J connectivity index is 0.000000980. The summed E-state index contributed by atoms with van der Waals surface area (Å²) in [6.45, 7) is 2.04. The molecule has 0 atom stereocenters. The second kappa shape index (κ2) is 5.63. The summed E-state index contributed by atoms with van der Waals surface area (Å²) in [6.07, 6.45) is 0. The summed E-state index contributed by atoms with van der Waals surface area (Å²) in [6, 6.07) is 6.28. The molecule has 0 saturated carbocycles. The Kier molecular flexibility index (Phi) is 4.78. The number of benzene rings is 1. The predicted molar refractivity (Wildman–Crippen MR) is 65.7 cm³/mol. The van der Waals surface area contributed by atoms with E-state index in [4.69, 9.17) is 4.74 Å². The molecule has 1 aromatic rings. The van der Waals surface area contributed by atoms with Crippen LogP contribution < -0.4 is 10.1 Å². The molecule has 2 rings (SSSR count). The highest BCUT2D eigenvalue weighted by Gasteiger charge is 2.07. The van der Waals surface area contributed by atoms with Crippen LogP contribution in [0.25, 0.3) is 0 Å². The summed E-state index contributed by atoms with van der Waals surface area (Å²) in [5, 5.41) is 3.38. The number of rotatable bonds is 1. The maximum atomic E-state index is 5.18. The summed E-state index contributed by atoms with van der Waals surface area (Å²) < 4.78 is 5.18. The van der Waals surface area contributed by atoms with Crippen molar-refractivity contribution < 1.29 is 4.74 Å². The van der Waals surface area contributed by atoms with E-state index in [1.807, 2.05) is 17.8 Å². The first kappa shape index (κ1) is 11.9. The number of hydrogen-bond donors (Lipinski definition) is 1. The summed E-state index contributed by atoms with van der Waals surface area (Å²) >= 11 is 1.91. The fourth-order valence-corrected chi connectivity index (χ4v) is 2.37. The molecule has 0 bridgehead atoms. The van der Waals surface area contributed by atoms with Gasteiger partial charge in [-0.1, -0.05) is 0 Å². The molecule has 78 valence electrons. The van der Waals surface area contributed by atoms with Gasteiger partial charge in [0.2, 0.25) is 0 Å². The number of methoxy groups -OCH3 is 1. The van der Waals surface area contributed by atoms with Gasteiger partial charge in [-0.3, -0.25) is 0 Å². The van der Waals surface area contributed by atoms with E-state index in [0.29, 0.717) is 0 Å². The van der Waals surface area contributed by atoms with Crippen molar-refractivity contribution in [1.29, 1.82) is 0 Å². The molecule has 0 spiro atoms. The van der Waals surface area contributed by atoms with Crippen LogP contribution in [0.15, 0.2) is 23.1 Å². The average Bonchev–Trinajstić information content (AvgIpc) is 2.41. The van der Waals surface area contributed by atoms with Crippen molar-refractivity contribution >= 4 is 28.7 Å². The van der Waals surface area contributed by atoms with Crippen LogP contribution in [0.1, 0.15) is 5.56 Å². The van der Waals surface area contributed by atoms with E-state index in [2.05, 4.69) is 17.4 Å². The van der Waals surface area contributed by atoms with E-state index < -0.39 is 0 Å². The van der Waals surface area contributed by atoms with Crippen molar-refractivity contribution in [3.05, 3.63) is 23.8 Å². The fourth-order valence-electron chi connectivity index (χ4n) is 1.42. The average molecular weight is 276 g/mol. The van der Waals surface area contributed by atoms with Crippen LogP contribution in [0.3, 0.4) is 0 Å². The highest BCUT2D eigenvalue weighted by atomic mass is 79.9. The molecule has 0 amide bonds. The Labute approximate surface area is 99.2 Å². The van der Waals surface area contributed by atoms with E-state index in [1.54, 1.807) is 7.11 Å². The number of fused-ring (bicyclic) bond motifs is 1. The van der Waals surface area contributed by atoms with Crippen LogP contribution in [0.5, 0.6) is 5.75 Å². The zero-order valence-corrected chi connectivity index (χ0v) is 10.6. The van der Waals surface area contributed by atoms with E-state index >= 15 is 0 Å². The van der Waals surface area contributed by atoms with Crippen molar-refractivity contribution in [2.75, 3.05) is 19.4 Å². The molecule has 1 N–H and O–H groups in total. The van der Waals surface area contributed by atoms with Crippen LogP contribution in [-0.4, -0.2) is 19.4 Å². The molecular formula is C10H14BrNOS. The lowest BCUT2D eigenvalue weighted by Crippen LogP contribution is -2.13. The molecule has 1 aliphatic rings. The highest BCUT2D eigenvalue weighted by Crippen LogP contribution is 2.27. The first-order valence-corrected chi connectivity index (χ1v) is 5.39. The molecule has 1 heterocycles. The Morgan fingerprint density at radius 1 is 1.43 bits per heavy atom. The van der Waals surface area contributed by atoms with Gasteiger partial charge in [0, 0.05) is 23.7 Å². The minimum atomic E-state index is 0. The van der Waals surface area contributed by atoms with E-state index in [-0.39, 0.29) is 17.0 Å². The molecule has 0 radical (unpaired) electrons. The van der Waals surface area contributed by atoms with Crippen LogP contribution in [-0.2, 0) is 6.54 Å². The molecule has 0 fully saturated rings. The number of hydrogen-bond acceptors (Lipinski definition) is 3. The van der Waals surface area contributed by atoms with Crippen molar-refractivity contribution in [2.24, 2.45) is 0 Å². The number of thioether (sulfide) groups is 1. The number of halogens is 1. The van der Waals surface area contributed by atoms with Crippen LogP contribution in [0.4, 0.5) is 0 Å². The second-order valence-electron chi connectivity index (χ2n) is 3.00. The normalized spacial score (nSPS) is 14.9. The Hall–Kier alpha value is -0.190. The predicted octanol–water partition coefficient (Wildman–Crippen LogP) is 2.47. The molecule has 1 aromatic carbocycles. The van der Waals surface area contributed by atoms with Crippen molar-refractivity contribution in [2.45, 2.75) is 11.4 Å². The first-order valence-electron chi connectivity index (χ1n) is 4.40. The van der Waals surface area contributed by atoms with E-state index in [1.165, 1.54) is 10.5 Å². The molecule has 2 nitrogen and oxygen atoms in total. The van der Waals surface area contributed by atoms with Crippen LogP contribution in [0.2, 0.25) is 0 Å². The standard InChI is InChI=1S/C10H13NOS.BrH/c1-12-9-2-3-10-8(6-9)7-11-4-5-13-10;/h2-3,6,11H,4-5,7H2,1H3;1H. The number of nitrogens with one attached hydrogen (secondary N) is 1. The number of ether oxygens (including phenoxy) is 1. The third kappa shape index (κ3) is 2.65. The SMILES string of the molecule is Br.COc1ccc2c(c1)CNCCS2.